The molecule has 0 saturated carbocycles. The molecule has 2 aromatic carbocycles. The van der Waals surface area contributed by atoms with Crippen LogP contribution in [-0.4, -0.2) is 49.8 Å². The van der Waals surface area contributed by atoms with Gasteiger partial charge >= 0.3 is 0 Å². The van der Waals surface area contributed by atoms with E-state index in [9.17, 15) is 15.0 Å². The molecule has 0 saturated heterocycles. The Balaban J connectivity index is 2.08. The van der Waals surface area contributed by atoms with Crippen LogP contribution in [0.15, 0.2) is 53.2 Å². The topological polar surface area (TPSA) is 122 Å². The molecule has 1 aromatic heterocycles. The number of nitrogens with two attached hydrogens (primary N) is 1. The third-order valence-electron chi connectivity index (χ3n) is 5.34. The number of fused-ring (bicyclic) bond motifs is 1. The number of rotatable bonds is 10. The van der Waals surface area contributed by atoms with Crippen LogP contribution in [0.1, 0.15) is 37.2 Å². The van der Waals surface area contributed by atoms with E-state index >= 15 is 0 Å². The number of ether oxygens (including phenoxy) is 1. The van der Waals surface area contributed by atoms with Gasteiger partial charge in [0.15, 0.2) is 0 Å². The molecule has 34 heavy (non-hydrogen) atoms. The van der Waals surface area contributed by atoms with Crippen molar-refractivity contribution in [2.24, 2.45) is 0 Å². The number of aliphatic hydroxyl groups excluding tert-OH is 2. The molecule has 180 valence electrons. The number of nitrogens with zero attached hydrogens (tertiary/aromatic N) is 3. The average Bonchev–Trinajstić information content (AvgIpc) is 2.83. The third-order valence-corrected chi connectivity index (χ3v) is 6.59. The van der Waals surface area contributed by atoms with Gasteiger partial charge in [0.1, 0.15) is 22.4 Å². The molecule has 0 unspecified atom stereocenters. The maximum atomic E-state index is 12.0. The van der Waals surface area contributed by atoms with E-state index in [1.165, 1.54) is 4.90 Å². The number of amides is 1. The zero-order valence-electron chi connectivity index (χ0n) is 19.5. The first kappa shape index (κ1) is 25.4. The first-order chi connectivity index (χ1) is 16.4. The van der Waals surface area contributed by atoms with Gasteiger partial charge in [-0.25, -0.2) is 9.97 Å². The molecule has 0 radical (unpaired) electrons. The maximum absolute atomic E-state index is 12.0. The highest BCUT2D eigenvalue weighted by molar-refractivity contribution is 8.02. The molecule has 3 aromatic rings. The van der Waals surface area contributed by atoms with Crippen LogP contribution < -0.4 is 10.5 Å². The van der Waals surface area contributed by atoms with E-state index in [2.05, 4.69) is 9.97 Å². The van der Waals surface area contributed by atoms with Crippen LogP contribution >= 0.6 is 11.4 Å². The van der Waals surface area contributed by atoms with Crippen LogP contribution in [-0.2, 0) is 11.3 Å². The molecule has 4 N–H and O–H groups in total. The van der Waals surface area contributed by atoms with E-state index < -0.39 is 0 Å². The van der Waals surface area contributed by atoms with Gasteiger partial charge in [0.25, 0.3) is 0 Å². The number of anilines is 1. The molecule has 9 heteroatoms. The average molecular weight is 483 g/mol. The molecule has 0 spiro atoms. The number of benzene rings is 2. The monoisotopic (exact) mass is 482 g/mol. The Hall–Kier alpha value is -3.27. The molecule has 8 nitrogen and oxygen atoms in total. The van der Waals surface area contributed by atoms with Gasteiger partial charge in [-0.05, 0) is 37.6 Å². The number of carbonyl (C=O) groups excluding carboxylic acids is 1. The van der Waals surface area contributed by atoms with Gasteiger partial charge in [-0.1, -0.05) is 30.3 Å². The number of aromatic nitrogens is 2. The van der Waals surface area contributed by atoms with E-state index in [0.717, 1.165) is 10.8 Å². The Morgan fingerprint density at radius 2 is 2.03 bits per heavy atom. The second-order valence-electron chi connectivity index (χ2n) is 7.59. The van der Waals surface area contributed by atoms with Crippen LogP contribution in [0.25, 0.3) is 10.8 Å². The van der Waals surface area contributed by atoms with Gasteiger partial charge in [0, 0.05) is 35.4 Å². The number of aryl methyl sites for hydroxylation is 1. The highest BCUT2D eigenvalue weighted by Gasteiger charge is 2.16. The van der Waals surface area contributed by atoms with Crippen molar-refractivity contribution >= 4 is 39.4 Å². The van der Waals surface area contributed by atoms with Crippen molar-refractivity contribution in [3.05, 3.63) is 70.1 Å². The lowest BCUT2D eigenvalue weighted by molar-refractivity contribution is -0.116. The molecule has 0 aliphatic heterocycles. The van der Waals surface area contributed by atoms with Crippen molar-refractivity contribution in [1.29, 1.82) is 0 Å². The standard InChI is InChI=1S/C25H30N4O4S/c1-4-33-21-10-9-18-7-5-6-8-20(18)23(21)25(32)34-22(11-12-30)16(2)29(15-31)14-19-13-27-17(3)28-24(19)26/h5-10,13,15,30,32,34H,4,11-12,14H2,1-3H3,(H2,26,27,28)/b22-16-. The van der Waals surface area contributed by atoms with Gasteiger partial charge in [0.2, 0.25) is 6.41 Å². The predicted octanol–water partition coefficient (Wildman–Crippen LogP) is 3.69. The van der Waals surface area contributed by atoms with Gasteiger partial charge in [0.05, 0.1) is 18.7 Å². The van der Waals surface area contributed by atoms with Crippen molar-refractivity contribution in [1.82, 2.24) is 14.9 Å². The van der Waals surface area contributed by atoms with Crippen molar-refractivity contribution in [3.8, 4) is 5.75 Å². The van der Waals surface area contributed by atoms with Crippen LogP contribution in [0, 0.1) is 6.92 Å². The summed E-state index contributed by atoms with van der Waals surface area (Å²) in [7, 11) is 0. The lowest BCUT2D eigenvalue weighted by Gasteiger charge is -2.22. The molecular formula is C25H30N4O4S. The summed E-state index contributed by atoms with van der Waals surface area (Å²) in [4.78, 5) is 22.4. The van der Waals surface area contributed by atoms with E-state index in [4.69, 9.17) is 10.5 Å². The minimum atomic E-state index is -0.136. The molecule has 0 atom stereocenters. The Kier molecular flexibility index (Phi) is 8.75. The number of carbonyl (C=O) groups is 1. The normalized spacial score (nSPS) is 12.7. The summed E-state index contributed by atoms with van der Waals surface area (Å²) < 4.78 is 5.79. The Labute approximate surface area is 202 Å². The fourth-order valence-corrected chi connectivity index (χ4v) is 4.68. The van der Waals surface area contributed by atoms with Gasteiger partial charge in [-0.2, -0.15) is 0 Å². The largest absolute Gasteiger partial charge is 0.493 e. The summed E-state index contributed by atoms with van der Waals surface area (Å²) in [6.07, 6.45) is 2.57. The molecule has 3 rings (SSSR count). The fourth-order valence-electron chi connectivity index (χ4n) is 3.58. The van der Waals surface area contributed by atoms with Crippen molar-refractivity contribution in [3.63, 3.8) is 0 Å². The van der Waals surface area contributed by atoms with Crippen molar-refractivity contribution < 1.29 is 19.7 Å². The first-order valence-corrected chi connectivity index (χ1v) is 11.8. The zero-order valence-corrected chi connectivity index (χ0v) is 20.4. The SMILES string of the molecule is CCOc1ccc2ccccc2c1/C(O)=[SH]/C(CCO)=C(/C)N(C=O)Cc1cnc(C)nc1N. The molecule has 1 amide bonds. The van der Waals surface area contributed by atoms with Crippen LogP contribution in [0.2, 0.25) is 0 Å². The summed E-state index contributed by atoms with van der Waals surface area (Å²) in [6.45, 7) is 5.89. The quantitative estimate of drug-likeness (QED) is 0.197. The summed E-state index contributed by atoms with van der Waals surface area (Å²) >= 11 is 0.461. The summed E-state index contributed by atoms with van der Waals surface area (Å²) in [5.74, 6) is 1.43. The zero-order chi connectivity index (χ0) is 24.7. The van der Waals surface area contributed by atoms with E-state index in [1.807, 2.05) is 43.3 Å². The molecule has 1 heterocycles. The fraction of sp³-hybridized carbons (Fsp3) is 0.280. The molecule has 0 fully saturated rings. The van der Waals surface area contributed by atoms with Crippen LogP contribution in [0.4, 0.5) is 5.82 Å². The molecular weight excluding hydrogens is 452 g/mol. The number of hydrogen-bond acceptors (Lipinski definition) is 6. The highest BCUT2D eigenvalue weighted by atomic mass is 32.1. The number of aliphatic hydroxyl groups is 2. The van der Waals surface area contributed by atoms with Gasteiger partial charge in [-0.3, -0.25) is 4.79 Å². The molecule has 0 aliphatic rings. The lowest BCUT2D eigenvalue weighted by Crippen LogP contribution is -2.22. The van der Waals surface area contributed by atoms with Gasteiger partial charge < -0.3 is 25.6 Å². The van der Waals surface area contributed by atoms with Crippen molar-refractivity contribution in [2.75, 3.05) is 18.9 Å². The minimum absolute atomic E-state index is 0.0760. The molecule has 0 bridgehead atoms. The van der Waals surface area contributed by atoms with E-state index in [-0.39, 0.29) is 24.6 Å². The summed E-state index contributed by atoms with van der Waals surface area (Å²) in [6, 6.07) is 11.5. The third kappa shape index (κ3) is 5.80. The summed E-state index contributed by atoms with van der Waals surface area (Å²) in [5.41, 5.74) is 7.82. The second kappa shape index (κ2) is 11.7. The van der Waals surface area contributed by atoms with E-state index in [0.29, 0.717) is 63.5 Å². The Bertz CT molecular complexity index is 1240. The van der Waals surface area contributed by atoms with E-state index in [1.54, 1.807) is 20.0 Å². The number of nitrogen functional groups attached to an aromatic ring is 1. The maximum Gasteiger partial charge on any atom is 0.214 e. The van der Waals surface area contributed by atoms with Crippen LogP contribution in [0.5, 0.6) is 5.75 Å². The first-order valence-electron chi connectivity index (χ1n) is 10.9. The number of hydrogen-bond donors (Lipinski definition) is 4. The highest BCUT2D eigenvalue weighted by Crippen LogP contribution is 2.32. The minimum Gasteiger partial charge on any atom is -0.493 e. The van der Waals surface area contributed by atoms with Crippen molar-refractivity contribution in [2.45, 2.75) is 33.7 Å². The molecule has 0 aliphatic carbocycles. The van der Waals surface area contributed by atoms with Crippen LogP contribution in [0.3, 0.4) is 0 Å². The number of thiol groups is 1. The number of allylic oxidation sites excluding steroid dienone is 1. The predicted molar refractivity (Wildman–Crippen MR) is 138 cm³/mol. The van der Waals surface area contributed by atoms with Gasteiger partial charge in [-0.15, -0.1) is 11.4 Å². The Morgan fingerprint density at radius 1 is 1.26 bits per heavy atom. The smallest absolute Gasteiger partial charge is 0.214 e. The lowest BCUT2D eigenvalue weighted by atomic mass is 10.0. The summed E-state index contributed by atoms with van der Waals surface area (Å²) in [5, 5.41) is 22.9. The second-order valence-corrected chi connectivity index (χ2v) is 8.78. The Morgan fingerprint density at radius 3 is 2.71 bits per heavy atom.